The van der Waals surface area contributed by atoms with Crippen molar-refractivity contribution in [3.8, 4) is 0 Å². The zero-order chi connectivity index (χ0) is 15.4. The average Bonchev–Trinajstić information content (AvgIpc) is 3.14. The monoisotopic (exact) mass is 443 g/mol. The largest absolute Gasteiger partial charge is 0.351 e. The van der Waals surface area contributed by atoms with Gasteiger partial charge in [0, 0.05) is 18.1 Å². The van der Waals surface area contributed by atoms with Gasteiger partial charge in [0.2, 0.25) is 0 Å². The van der Waals surface area contributed by atoms with Crippen LogP contribution in [0.3, 0.4) is 0 Å². The second kappa shape index (κ2) is 8.20. The van der Waals surface area contributed by atoms with Crippen LogP contribution < -0.4 is 10.6 Å². The standard InChI is InChI=1S/C14H17N7S.HI/c1-10-11(22-9-18-10)7-16-14(15-2)17-8-13-20-19-12-5-3-4-6-21(12)13;/h3-6,9H,7-8H2,1-2H3,(H2,15,16,17);1H. The number of nitrogens with one attached hydrogen (secondary N) is 2. The molecule has 0 radical (unpaired) electrons. The third kappa shape index (κ3) is 4.16. The van der Waals surface area contributed by atoms with Crippen LogP contribution in [0.4, 0.5) is 0 Å². The van der Waals surface area contributed by atoms with Gasteiger partial charge < -0.3 is 10.6 Å². The van der Waals surface area contributed by atoms with E-state index < -0.39 is 0 Å². The van der Waals surface area contributed by atoms with Crippen LogP contribution in [0.25, 0.3) is 5.65 Å². The first kappa shape index (κ1) is 17.6. The highest BCUT2D eigenvalue weighted by Crippen LogP contribution is 2.11. The van der Waals surface area contributed by atoms with Gasteiger partial charge in [-0.05, 0) is 19.1 Å². The number of rotatable bonds is 4. The van der Waals surface area contributed by atoms with Crippen LogP contribution in [0.15, 0.2) is 34.9 Å². The smallest absolute Gasteiger partial charge is 0.191 e. The van der Waals surface area contributed by atoms with Crippen molar-refractivity contribution in [3.63, 3.8) is 0 Å². The Morgan fingerprint density at radius 1 is 1.26 bits per heavy atom. The SMILES string of the molecule is CN=C(NCc1scnc1C)NCc1nnc2ccccn12.I. The van der Waals surface area contributed by atoms with E-state index in [0.717, 1.165) is 23.1 Å². The van der Waals surface area contributed by atoms with E-state index in [9.17, 15) is 0 Å². The molecular formula is C14H18IN7S. The van der Waals surface area contributed by atoms with Crippen LogP contribution in [0.2, 0.25) is 0 Å². The van der Waals surface area contributed by atoms with E-state index in [2.05, 4.69) is 30.8 Å². The van der Waals surface area contributed by atoms with Crippen LogP contribution in [0.5, 0.6) is 0 Å². The van der Waals surface area contributed by atoms with E-state index in [1.54, 1.807) is 18.4 Å². The second-order valence-electron chi connectivity index (χ2n) is 4.69. The van der Waals surface area contributed by atoms with Gasteiger partial charge in [0.1, 0.15) is 0 Å². The minimum Gasteiger partial charge on any atom is -0.351 e. The normalized spacial score (nSPS) is 11.3. The van der Waals surface area contributed by atoms with Crippen molar-refractivity contribution in [1.82, 2.24) is 30.2 Å². The summed E-state index contributed by atoms with van der Waals surface area (Å²) in [6.45, 7) is 3.26. The first-order valence-corrected chi connectivity index (χ1v) is 7.78. The minimum atomic E-state index is 0. The fourth-order valence-corrected chi connectivity index (χ4v) is 2.77. The fraction of sp³-hybridized carbons (Fsp3) is 0.286. The molecule has 0 atom stereocenters. The lowest BCUT2D eigenvalue weighted by Crippen LogP contribution is -2.36. The van der Waals surface area contributed by atoms with Crippen LogP contribution in [-0.4, -0.2) is 32.6 Å². The summed E-state index contributed by atoms with van der Waals surface area (Å²) in [6.07, 6.45) is 1.95. The Bertz CT molecular complexity index is 795. The molecule has 23 heavy (non-hydrogen) atoms. The molecule has 9 heteroatoms. The van der Waals surface area contributed by atoms with Crippen molar-refractivity contribution in [3.05, 3.63) is 46.3 Å². The zero-order valence-corrected chi connectivity index (χ0v) is 16.0. The summed E-state index contributed by atoms with van der Waals surface area (Å²) in [4.78, 5) is 9.66. The maximum Gasteiger partial charge on any atom is 0.191 e. The van der Waals surface area contributed by atoms with Gasteiger partial charge >= 0.3 is 0 Å². The molecule has 0 unspecified atom stereocenters. The molecule has 3 rings (SSSR count). The summed E-state index contributed by atoms with van der Waals surface area (Å²) in [7, 11) is 1.75. The quantitative estimate of drug-likeness (QED) is 0.366. The van der Waals surface area contributed by atoms with E-state index in [0.29, 0.717) is 13.1 Å². The molecule has 122 valence electrons. The summed E-state index contributed by atoms with van der Waals surface area (Å²) in [6, 6.07) is 5.83. The number of aliphatic imine (C=N–C) groups is 1. The van der Waals surface area contributed by atoms with Crippen molar-refractivity contribution in [1.29, 1.82) is 0 Å². The van der Waals surface area contributed by atoms with Gasteiger partial charge in [0.05, 0.1) is 24.3 Å². The molecule has 0 bridgehead atoms. The Hall–Kier alpha value is -1.75. The highest BCUT2D eigenvalue weighted by atomic mass is 127. The lowest BCUT2D eigenvalue weighted by Gasteiger charge is -2.10. The van der Waals surface area contributed by atoms with E-state index in [4.69, 9.17) is 0 Å². The van der Waals surface area contributed by atoms with Crippen molar-refractivity contribution in [2.75, 3.05) is 7.05 Å². The Balaban J connectivity index is 0.00000192. The first-order chi connectivity index (χ1) is 10.8. The molecule has 0 spiro atoms. The Labute approximate surface area is 155 Å². The molecule has 2 N–H and O–H groups in total. The zero-order valence-electron chi connectivity index (χ0n) is 12.9. The number of thiazole rings is 1. The van der Waals surface area contributed by atoms with Crippen LogP contribution in [0, 0.1) is 6.92 Å². The number of aryl methyl sites for hydroxylation is 1. The first-order valence-electron chi connectivity index (χ1n) is 6.90. The molecule has 0 fully saturated rings. The summed E-state index contributed by atoms with van der Waals surface area (Å²) in [5, 5.41) is 14.8. The number of guanidine groups is 1. The van der Waals surface area contributed by atoms with Crippen LogP contribution in [-0.2, 0) is 13.1 Å². The highest BCUT2D eigenvalue weighted by Gasteiger charge is 2.06. The van der Waals surface area contributed by atoms with Gasteiger partial charge in [0.25, 0.3) is 0 Å². The van der Waals surface area contributed by atoms with Gasteiger partial charge in [-0.15, -0.1) is 45.5 Å². The lowest BCUT2D eigenvalue weighted by atomic mass is 10.4. The van der Waals surface area contributed by atoms with Crippen LogP contribution in [0.1, 0.15) is 16.4 Å². The fourth-order valence-electron chi connectivity index (χ4n) is 2.05. The Morgan fingerprint density at radius 2 is 2.09 bits per heavy atom. The van der Waals surface area contributed by atoms with E-state index in [1.165, 1.54) is 4.88 Å². The third-order valence-electron chi connectivity index (χ3n) is 3.28. The molecule has 0 aliphatic carbocycles. The average molecular weight is 443 g/mol. The molecule has 7 nitrogen and oxygen atoms in total. The topological polar surface area (TPSA) is 79.5 Å². The number of hydrogen-bond acceptors (Lipinski definition) is 5. The highest BCUT2D eigenvalue weighted by molar-refractivity contribution is 14.0. The summed E-state index contributed by atoms with van der Waals surface area (Å²) in [5.74, 6) is 1.56. The lowest BCUT2D eigenvalue weighted by molar-refractivity contribution is 0.764. The van der Waals surface area contributed by atoms with Gasteiger partial charge in [-0.3, -0.25) is 9.39 Å². The number of hydrogen-bond donors (Lipinski definition) is 2. The molecule has 3 aromatic rings. The third-order valence-corrected chi connectivity index (χ3v) is 4.22. The predicted octanol–water partition coefficient (Wildman–Crippen LogP) is 1.98. The summed E-state index contributed by atoms with van der Waals surface area (Å²) in [5.41, 5.74) is 3.74. The van der Waals surface area contributed by atoms with Crippen molar-refractivity contribution < 1.29 is 0 Å². The number of halogens is 1. The molecule has 3 heterocycles. The number of pyridine rings is 1. The number of nitrogens with zero attached hydrogens (tertiary/aromatic N) is 5. The maximum absolute atomic E-state index is 4.24. The number of fused-ring (bicyclic) bond motifs is 1. The van der Waals surface area contributed by atoms with Gasteiger partial charge in [-0.2, -0.15) is 0 Å². The minimum absolute atomic E-state index is 0. The molecular weight excluding hydrogens is 425 g/mol. The molecule has 0 aliphatic rings. The Kier molecular flexibility index (Phi) is 6.28. The summed E-state index contributed by atoms with van der Waals surface area (Å²) < 4.78 is 1.95. The van der Waals surface area contributed by atoms with Gasteiger partial charge in [-0.25, -0.2) is 4.98 Å². The van der Waals surface area contributed by atoms with E-state index in [-0.39, 0.29) is 24.0 Å². The van der Waals surface area contributed by atoms with E-state index >= 15 is 0 Å². The number of aromatic nitrogens is 4. The Morgan fingerprint density at radius 3 is 2.83 bits per heavy atom. The predicted molar refractivity (Wildman–Crippen MR) is 102 cm³/mol. The maximum atomic E-state index is 4.24. The van der Waals surface area contributed by atoms with Crippen molar-refractivity contribution in [2.45, 2.75) is 20.0 Å². The molecule has 0 saturated heterocycles. The molecule has 3 aromatic heterocycles. The molecule has 0 amide bonds. The van der Waals surface area contributed by atoms with Crippen molar-refractivity contribution in [2.24, 2.45) is 4.99 Å². The molecule has 0 saturated carbocycles. The molecule has 0 aliphatic heterocycles. The molecule has 0 aromatic carbocycles. The van der Waals surface area contributed by atoms with Crippen molar-refractivity contribution >= 4 is 46.9 Å². The van der Waals surface area contributed by atoms with Gasteiger partial charge in [0.15, 0.2) is 17.4 Å². The second-order valence-corrected chi connectivity index (χ2v) is 5.62. The van der Waals surface area contributed by atoms with Gasteiger partial charge in [-0.1, -0.05) is 6.07 Å². The van der Waals surface area contributed by atoms with E-state index in [1.807, 2.05) is 41.2 Å². The summed E-state index contributed by atoms with van der Waals surface area (Å²) >= 11 is 1.64. The van der Waals surface area contributed by atoms with Crippen LogP contribution >= 0.6 is 35.3 Å².